The van der Waals surface area contributed by atoms with Crippen LogP contribution in [0.1, 0.15) is 28.2 Å². The second kappa shape index (κ2) is 7.99. The van der Waals surface area contributed by atoms with Crippen molar-refractivity contribution in [2.24, 2.45) is 0 Å². The molecular weight excluding hydrogens is 288 g/mol. The van der Waals surface area contributed by atoms with E-state index in [1.807, 2.05) is 36.4 Å². The van der Waals surface area contributed by atoms with Crippen LogP contribution in [-0.4, -0.2) is 0 Å². The molecule has 3 aromatic rings. The van der Waals surface area contributed by atoms with Gasteiger partial charge in [0, 0.05) is 5.56 Å². The predicted octanol–water partition coefficient (Wildman–Crippen LogP) is 5.84. The van der Waals surface area contributed by atoms with Crippen molar-refractivity contribution in [3.05, 3.63) is 113 Å². The Morgan fingerprint density at radius 1 is 0.750 bits per heavy atom. The van der Waals surface area contributed by atoms with Crippen molar-refractivity contribution in [1.82, 2.24) is 0 Å². The second-order valence-corrected chi connectivity index (χ2v) is 5.79. The van der Waals surface area contributed by atoms with Crippen LogP contribution in [0.2, 0.25) is 0 Å². The number of hydrogen-bond acceptors (Lipinski definition) is 0. The Morgan fingerprint density at radius 2 is 1.38 bits per heavy atom. The van der Waals surface area contributed by atoms with E-state index in [0.717, 1.165) is 5.56 Å². The molecule has 0 saturated carbocycles. The third-order valence-corrected chi connectivity index (χ3v) is 3.86. The monoisotopic (exact) mass is 308 g/mol. The summed E-state index contributed by atoms with van der Waals surface area (Å²) in [5, 5.41) is 0. The van der Waals surface area contributed by atoms with E-state index >= 15 is 0 Å². The maximum Gasteiger partial charge on any atom is 0.0639 e. The summed E-state index contributed by atoms with van der Waals surface area (Å²) < 4.78 is 0. The smallest absolute Gasteiger partial charge is 0.0639 e. The molecule has 0 heteroatoms. The molecule has 0 nitrogen and oxygen atoms in total. The first-order chi connectivity index (χ1) is 11.8. The SMILES string of the molecule is Cc1ccc(/C=C/C(C#Cc2ccccc2)c2ccccc2)cc1. The Labute approximate surface area is 144 Å². The average Bonchev–Trinajstić information content (AvgIpc) is 2.65. The highest BCUT2D eigenvalue weighted by atomic mass is 14.1. The van der Waals surface area contributed by atoms with Gasteiger partial charge in [-0.3, -0.25) is 0 Å². The van der Waals surface area contributed by atoms with Crippen LogP contribution in [0.3, 0.4) is 0 Å². The van der Waals surface area contributed by atoms with E-state index in [9.17, 15) is 0 Å². The molecule has 0 aliphatic carbocycles. The highest BCUT2D eigenvalue weighted by Crippen LogP contribution is 2.18. The van der Waals surface area contributed by atoms with Crippen molar-refractivity contribution in [2.45, 2.75) is 12.8 Å². The van der Waals surface area contributed by atoms with Crippen molar-refractivity contribution in [2.75, 3.05) is 0 Å². The molecule has 0 amide bonds. The lowest BCUT2D eigenvalue weighted by Crippen LogP contribution is -1.91. The Hall–Kier alpha value is -3.04. The molecular formula is C24H20. The van der Waals surface area contributed by atoms with E-state index in [-0.39, 0.29) is 5.92 Å². The molecule has 0 aliphatic rings. The van der Waals surface area contributed by atoms with Crippen molar-refractivity contribution >= 4 is 6.08 Å². The first-order valence-electron chi connectivity index (χ1n) is 8.18. The number of benzene rings is 3. The lowest BCUT2D eigenvalue weighted by Gasteiger charge is -2.06. The molecule has 116 valence electrons. The molecule has 0 fully saturated rings. The van der Waals surface area contributed by atoms with Gasteiger partial charge in [-0.25, -0.2) is 0 Å². The fourth-order valence-electron chi connectivity index (χ4n) is 2.47. The number of allylic oxidation sites excluding steroid dienone is 1. The molecule has 0 aromatic heterocycles. The summed E-state index contributed by atoms with van der Waals surface area (Å²) in [5.74, 6) is 6.76. The number of rotatable bonds is 3. The van der Waals surface area contributed by atoms with Gasteiger partial charge in [0.1, 0.15) is 0 Å². The summed E-state index contributed by atoms with van der Waals surface area (Å²) in [6.07, 6.45) is 4.33. The third kappa shape index (κ3) is 4.48. The maximum absolute atomic E-state index is 3.40. The van der Waals surface area contributed by atoms with Gasteiger partial charge in [0.25, 0.3) is 0 Å². The molecule has 0 saturated heterocycles. The average molecular weight is 308 g/mol. The first-order valence-corrected chi connectivity index (χ1v) is 8.18. The zero-order valence-corrected chi connectivity index (χ0v) is 13.8. The molecule has 24 heavy (non-hydrogen) atoms. The van der Waals surface area contributed by atoms with E-state index in [1.54, 1.807) is 0 Å². The number of aryl methyl sites for hydroxylation is 1. The minimum absolute atomic E-state index is 0.0766. The van der Waals surface area contributed by atoms with Gasteiger partial charge in [0.2, 0.25) is 0 Å². The van der Waals surface area contributed by atoms with Gasteiger partial charge in [0.15, 0.2) is 0 Å². The zero-order chi connectivity index (χ0) is 16.6. The van der Waals surface area contributed by atoms with Gasteiger partial charge in [-0.1, -0.05) is 102 Å². The largest absolute Gasteiger partial charge is 0.0855 e. The van der Waals surface area contributed by atoms with Gasteiger partial charge in [-0.05, 0) is 30.2 Å². The van der Waals surface area contributed by atoms with Gasteiger partial charge in [0.05, 0.1) is 5.92 Å². The predicted molar refractivity (Wildman–Crippen MR) is 103 cm³/mol. The Morgan fingerprint density at radius 3 is 2.04 bits per heavy atom. The van der Waals surface area contributed by atoms with Crippen LogP contribution >= 0.6 is 0 Å². The zero-order valence-electron chi connectivity index (χ0n) is 13.8. The minimum Gasteiger partial charge on any atom is -0.0855 e. The molecule has 1 atom stereocenters. The van der Waals surface area contributed by atoms with Crippen molar-refractivity contribution in [1.29, 1.82) is 0 Å². The van der Waals surface area contributed by atoms with E-state index in [0.29, 0.717) is 0 Å². The van der Waals surface area contributed by atoms with Crippen LogP contribution in [0.15, 0.2) is 91.0 Å². The highest BCUT2D eigenvalue weighted by Gasteiger charge is 2.03. The van der Waals surface area contributed by atoms with Crippen LogP contribution in [0.25, 0.3) is 6.08 Å². The lowest BCUT2D eigenvalue weighted by atomic mass is 9.97. The Balaban J connectivity index is 1.88. The highest BCUT2D eigenvalue weighted by molar-refractivity contribution is 5.53. The topological polar surface area (TPSA) is 0 Å². The fourth-order valence-corrected chi connectivity index (χ4v) is 2.47. The van der Waals surface area contributed by atoms with Crippen LogP contribution in [-0.2, 0) is 0 Å². The molecule has 1 unspecified atom stereocenters. The van der Waals surface area contributed by atoms with Crippen molar-refractivity contribution < 1.29 is 0 Å². The standard InChI is InChI=1S/C24H20/c1-20-12-14-22(15-13-20)17-19-24(23-10-6-3-7-11-23)18-16-21-8-4-2-5-9-21/h2-15,17,19,24H,1H3/b19-17+. The van der Waals surface area contributed by atoms with Crippen LogP contribution in [0.5, 0.6) is 0 Å². The van der Waals surface area contributed by atoms with Crippen LogP contribution in [0.4, 0.5) is 0 Å². The molecule has 0 N–H and O–H groups in total. The Kier molecular flexibility index (Phi) is 5.28. The summed E-state index contributed by atoms with van der Waals surface area (Å²) in [7, 11) is 0. The minimum atomic E-state index is 0.0766. The quantitative estimate of drug-likeness (QED) is 0.533. The summed E-state index contributed by atoms with van der Waals surface area (Å²) in [6, 6.07) is 29.1. The third-order valence-electron chi connectivity index (χ3n) is 3.86. The molecule has 3 rings (SSSR count). The molecule has 3 aromatic carbocycles. The fraction of sp³-hybridized carbons (Fsp3) is 0.0833. The summed E-state index contributed by atoms with van der Waals surface area (Å²) in [6.45, 7) is 2.10. The maximum atomic E-state index is 3.40. The molecule has 0 bridgehead atoms. The van der Waals surface area contributed by atoms with Gasteiger partial charge < -0.3 is 0 Å². The van der Waals surface area contributed by atoms with E-state index in [1.165, 1.54) is 16.7 Å². The molecule has 0 spiro atoms. The van der Waals surface area contributed by atoms with E-state index < -0.39 is 0 Å². The molecule has 0 aliphatic heterocycles. The van der Waals surface area contributed by atoms with Crippen LogP contribution in [0, 0.1) is 18.8 Å². The van der Waals surface area contributed by atoms with Gasteiger partial charge >= 0.3 is 0 Å². The summed E-state index contributed by atoms with van der Waals surface area (Å²) >= 11 is 0. The summed E-state index contributed by atoms with van der Waals surface area (Å²) in [5.41, 5.74) is 4.73. The van der Waals surface area contributed by atoms with Crippen molar-refractivity contribution in [3.63, 3.8) is 0 Å². The number of hydrogen-bond donors (Lipinski definition) is 0. The first kappa shape index (κ1) is 15.8. The summed E-state index contributed by atoms with van der Waals surface area (Å²) in [4.78, 5) is 0. The normalized spacial score (nSPS) is 11.7. The van der Waals surface area contributed by atoms with E-state index in [4.69, 9.17) is 0 Å². The molecule has 0 heterocycles. The van der Waals surface area contributed by atoms with Gasteiger partial charge in [-0.2, -0.15) is 0 Å². The molecule has 0 radical (unpaired) electrons. The Bertz CT molecular complexity index is 845. The van der Waals surface area contributed by atoms with E-state index in [2.05, 4.69) is 79.4 Å². The lowest BCUT2D eigenvalue weighted by molar-refractivity contribution is 1.13. The second-order valence-electron chi connectivity index (χ2n) is 5.79. The van der Waals surface area contributed by atoms with Crippen molar-refractivity contribution in [3.8, 4) is 11.8 Å². The van der Waals surface area contributed by atoms with Crippen LogP contribution < -0.4 is 0 Å². The van der Waals surface area contributed by atoms with Gasteiger partial charge in [-0.15, -0.1) is 0 Å².